The highest BCUT2D eigenvalue weighted by molar-refractivity contribution is 7.89. The molecule has 5 rings (SSSR count). The number of pyridine rings is 1. The van der Waals surface area contributed by atoms with Crippen LogP contribution in [0.15, 0.2) is 59.4 Å². The first kappa shape index (κ1) is 19.5. The molecule has 5 nitrogen and oxygen atoms in total. The molecule has 1 fully saturated rings. The van der Waals surface area contributed by atoms with Gasteiger partial charge < -0.3 is 4.57 Å². The van der Waals surface area contributed by atoms with Gasteiger partial charge in [0.25, 0.3) is 5.56 Å². The van der Waals surface area contributed by atoms with Crippen LogP contribution in [0.3, 0.4) is 0 Å². The summed E-state index contributed by atoms with van der Waals surface area (Å²) in [5.74, 6) is 0.468. The van der Waals surface area contributed by atoms with Crippen LogP contribution in [0.4, 0.5) is 0 Å². The second-order valence-corrected chi connectivity index (χ2v) is 10.7. The molecular weight excluding hydrogens is 396 g/mol. The Morgan fingerprint density at radius 1 is 0.967 bits per heavy atom. The predicted octanol–water partition coefficient (Wildman–Crippen LogP) is 3.83. The highest BCUT2D eigenvalue weighted by Crippen LogP contribution is 2.37. The van der Waals surface area contributed by atoms with Crippen molar-refractivity contribution in [3.63, 3.8) is 0 Å². The summed E-state index contributed by atoms with van der Waals surface area (Å²) in [6, 6.07) is 18.2. The number of hydrogen-bond donors (Lipinski definition) is 0. The largest absolute Gasteiger partial charge is 0.311 e. The fourth-order valence-corrected chi connectivity index (χ4v) is 6.71. The molecule has 2 aromatic carbocycles. The average molecular weight is 423 g/mol. The zero-order valence-electron chi connectivity index (χ0n) is 17.1. The zero-order chi connectivity index (χ0) is 20.9. The van der Waals surface area contributed by atoms with E-state index >= 15 is 0 Å². The van der Waals surface area contributed by atoms with Gasteiger partial charge in [0, 0.05) is 36.8 Å². The summed E-state index contributed by atoms with van der Waals surface area (Å²) in [7, 11) is -3.21. The van der Waals surface area contributed by atoms with Crippen molar-refractivity contribution in [2.24, 2.45) is 5.92 Å². The van der Waals surface area contributed by atoms with E-state index in [1.807, 2.05) is 41.8 Å². The Morgan fingerprint density at radius 2 is 1.77 bits per heavy atom. The van der Waals surface area contributed by atoms with E-state index < -0.39 is 10.0 Å². The van der Waals surface area contributed by atoms with E-state index in [0.717, 1.165) is 28.5 Å². The first-order valence-corrected chi connectivity index (χ1v) is 12.3. The Kier molecular flexibility index (Phi) is 4.79. The van der Waals surface area contributed by atoms with E-state index in [1.165, 1.54) is 0 Å². The molecule has 156 valence electrons. The summed E-state index contributed by atoms with van der Waals surface area (Å²) in [5.41, 5.74) is 2.64. The van der Waals surface area contributed by atoms with Gasteiger partial charge in [-0.05, 0) is 53.3 Å². The third-order valence-corrected chi connectivity index (χ3v) is 8.50. The van der Waals surface area contributed by atoms with E-state index in [0.29, 0.717) is 31.6 Å². The molecule has 2 aliphatic heterocycles. The molecular formula is C24H26N2O3S. The van der Waals surface area contributed by atoms with Crippen LogP contribution in [-0.4, -0.2) is 36.1 Å². The lowest BCUT2D eigenvalue weighted by Crippen LogP contribution is -2.49. The lowest BCUT2D eigenvalue weighted by Gasteiger charge is -2.42. The molecule has 1 aromatic heterocycles. The second-order valence-electron chi connectivity index (χ2n) is 8.58. The molecule has 0 unspecified atom stereocenters. The first-order valence-electron chi connectivity index (χ1n) is 10.7. The Hall–Kier alpha value is -2.44. The van der Waals surface area contributed by atoms with Gasteiger partial charge in [-0.3, -0.25) is 4.79 Å². The van der Waals surface area contributed by atoms with Crippen molar-refractivity contribution in [1.82, 2.24) is 8.87 Å². The summed E-state index contributed by atoms with van der Waals surface area (Å²) in [6.45, 7) is 3.48. The summed E-state index contributed by atoms with van der Waals surface area (Å²) in [4.78, 5) is 13.4. The molecule has 1 saturated heterocycles. The SMILES string of the molecule is CCCS(=O)(=O)N1C[C@@H]2C[C@H](C1)c1ccc(-c3ccc4ccccc4c3)c(=O)n1C2. The molecule has 0 radical (unpaired) electrons. The maximum atomic E-state index is 13.4. The zero-order valence-corrected chi connectivity index (χ0v) is 17.9. The van der Waals surface area contributed by atoms with Crippen molar-refractivity contribution in [3.05, 3.63) is 70.6 Å². The van der Waals surface area contributed by atoms with Crippen LogP contribution in [0.2, 0.25) is 0 Å². The molecule has 3 heterocycles. The van der Waals surface area contributed by atoms with Gasteiger partial charge in [-0.15, -0.1) is 0 Å². The summed E-state index contributed by atoms with van der Waals surface area (Å²) >= 11 is 0. The average Bonchev–Trinajstić information content (AvgIpc) is 2.74. The summed E-state index contributed by atoms with van der Waals surface area (Å²) < 4.78 is 28.7. The molecule has 0 spiro atoms. The van der Waals surface area contributed by atoms with Gasteiger partial charge in [0.15, 0.2) is 0 Å². The van der Waals surface area contributed by atoms with E-state index in [-0.39, 0.29) is 23.1 Å². The number of rotatable bonds is 4. The molecule has 2 atom stereocenters. The monoisotopic (exact) mass is 422 g/mol. The van der Waals surface area contributed by atoms with Crippen LogP contribution < -0.4 is 5.56 Å². The number of aromatic nitrogens is 1. The fraction of sp³-hybridized carbons (Fsp3) is 0.375. The van der Waals surface area contributed by atoms with Crippen molar-refractivity contribution >= 4 is 20.8 Å². The van der Waals surface area contributed by atoms with E-state index in [1.54, 1.807) is 4.31 Å². The number of piperidine rings is 1. The normalized spacial score (nSPS) is 21.5. The van der Waals surface area contributed by atoms with Crippen molar-refractivity contribution in [2.45, 2.75) is 32.2 Å². The van der Waals surface area contributed by atoms with Gasteiger partial charge in [-0.2, -0.15) is 0 Å². The third kappa shape index (κ3) is 3.28. The van der Waals surface area contributed by atoms with Gasteiger partial charge in [-0.1, -0.05) is 43.3 Å². The maximum Gasteiger partial charge on any atom is 0.258 e. The van der Waals surface area contributed by atoms with Crippen LogP contribution >= 0.6 is 0 Å². The van der Waals surface area contributed by atoms with Crippen molar-refractivity contribution in [2.75, 3.05) is 18.8 Å². The minimum Gasteiger partial charge on any atom is -0.311 e. The Morgan fingerprint density at radius 3 is 2.57 bits per heavy atom. The molecule has 6 heteroatoms. The van der Waals surface area contributed by atoms with Gasteiger partial charge >= 0.3 is 0 Å². The Balaban J connectivity index is 1.52. The highest BCUT2D eigenvalue weighted by atomic mass is 32.2. The number of sulfonamides is 1. The molecule has 30 heavy (non-hydrogen) atoms. The number of nitrogens with zero attached hydrogens (tertiary/aromatic N) is 2. The number of benzene rings is 2. The smallest absolute Gasteiger partial charge is 0.258 e. The predicted molar refractivity (Wildman–Crippen MR) is 120 cm³/mol. The van der Waals surface area contributed by atoms with Crippen molar-refractivity contribution in [3.8, 4) is 11.1 Å². The highest BCUT2D eigenvalue weighted by Gasteiger charge is 2.38. The quantitative estimate of drug-likeness (QED) is 0.642. The molecule has 0 aliphatic carbocycles. The van der Waals surface area contributed by atoms with Gasteiger partial charge in [-0.25, -0.2) is 12.7 Å². The Labute approximate surface area is 177 Å². The van der Waals surface area contributed by atoms with Crippen LogP contribution in [0.5, 0.6) is 0 Å². The molecule has 0 N–H and O–H groups in total. The van der Waals surface area contributed by atoms with Crippen molar-refractivity contribution < 1.29 is 8.42 Å². The molecule has 0 amide bonds. The topological polar surface area (TPSA) is 59.4 Å². The van der Waals surface area contributed by atoms with Gasteiger partial charge in [0.2, 0.25) is 10.0 Å². The molecule has 0 saturated carbocycles. The summed E-state index contributed by atoms with van der Waals surface area (Å²) in [6.07, 6.45) is 1.58. The summed E-state index contributed by atoms with van der Waals surface area (Å²) in [5, 5.41) is 2.27. The van der Waals surface area contributed by atoms with Crippen LogP contribution in [-0.2, 0) is 16.6 Å². The number of fused-ring (bicyclic) bond motifs is 5. The van der Waals surface area contributed by atoms with Crippen LogP contribution in [0.25, 0.3) is 21.9 Å². The fourth-order valence-electron chi connectivity index (χ4n) is 5.09. The maximum absolute atomic E-state index is 13.4. The molecule has 2 bridgehead atoms. The standard InChI is InChI=1S/C24H26N2O3S/c1-2-11-30(28,29)25-14-17-12-21(16-25)23-10-9-22(24(27)26(23)15-17)20-8-7-18-5-3-4-6-19(18)13-20/h3-10,13,17,21H,2,11-12,14-16H2,1H3/t17-,21+/m0/s1. The second kappa shape index (κ2) is 7.36. The minimum atomic E-state index is -3.21. The lowest BCUT2D eigenvalue weighted by atomic mass is 9.84. The lowest BCUT2D eigenvalue weighted by molar-refractivity contribution is 0.186. The molecule has 3 aromatic rings. The van der Waals surface area contributed by atoms with E-state index in [4.69, 9.17) is 0 Å². The molecule has 2 aliphatic rings. The van der Waals surface area contributed by atoms with Crippen LogP contribution in [0, 0.1) is 5.92 Å². The Bertz CT molecular complexity index is 1280. The van der Waals surface area contributed by atoms with Gasteiger partial charge in [0.05, 0.1) is 5.75 Å². The minimum absolute atomic E-state index is 0.0300. The van der Waals surface area contributed by atoms with Crippen LogP contribution in [0.1, 0.15) is 31.4 Å². The number of hydrogen-bond acceptors (Lipinski definition) is 3. The third-order valence-electron chi connectivity index (χ3n) is 6.49. The first-order chi connectivity index (χ1) is 14.5. The van der Waals surface area contributed by atoms with E-state index in [2.05, 4.69) is 24.3 Å². The van der Waals surface area contributed by atoms with Crippen molar-refractivity contribution in [1.29, 1.82) is 0 Å². The van der Waals surface area contributed by atoms with Gasteiger partial charge in [0.1, 0.15) is 0 Å². The van der Waals surface area contributed by atoms with E-state index in [9.17, 15) is 13.2 Å².